The maximum Gasteiger partial charge on any atom is 0.408 e. The summed E-state index contributed by atoms with van der Waals surface area (Å²) in [5.74, 6) is -0.0665. The smallest absolute Gasteiger partial charge is 0.408 e. The quantitative estimate of drug-likeness (QED) is 0.127. The fourth-order valence-electron chi connectivity index (χ4n) is 10.1. The van der Waals surface area contributed by atoms with E-state index in [-0.39, 0.29) is 29.1 Å². The fraction of sp³-hybridized carbons (Fsp3) is 0.531. The molecule has 4 aliphatic rings. The Morgan fingerprint density at radius 1 is 1.09 bits per heavy atom. The third kappa shape index (κ3) is 9.02. The molecule has 3 amide bonds. The van der Waals surface area contributed by atoms with Gasteiger partial charge in [0.05, 0.1) is 34.8 Å². The van der Waals surface area contributed by atoms with E-state index in [0.717, 1.165) is 77.7 Å². The zero-order valence-electron chi connectivity index (χ0n) is 38.1. The first-order chi connectivity index (χ1) is 30.5. The normalized spacial score (nSPS) is 19.2. The highest BCUT2D eigenvalue weighted by atomic mass is 16.6. The molecule has 15 nitrogen and oxygen atoms in total. The summed E-state index contributed by atoms with van der Waals surface area (Å²) >= 11 is 0. The van der Waals surface area contributed by atoms with Gasteiger partial charge in [-0.1, -0.05) is 26.8 Å². The molecule has 2 atom stereocenters. The number of aromatic nitrogens is 3. The molecule has 338 valence electrons. The number of nitrogens with one attached hydrogen (secondary N) is 3. The van der Waals surface area contributed by atoms with Crippen LogP contribution in [0.25, 0.3) is 10.9 Å². The second-order valence-corrected chi connectivity index (χ2v) is 19.7. The lowest BCUT2D eigenvalue weighted by Gasteiger charge is -2.39. The number of alkyl carbamates (subject to hydrolysis) is 1. The van der Waals surface area contributed by atoms with Gasteiger partial charge in [0, 0.05) is 90.4 Å². The van der Waals surface area contributed by atoms with Gasteiger partial charge in [0.25, 0.3) is 0 Å². The average Bonchev–Trinajstić information content (AvgIpc) is 3.81. The number of aromatic amines is 1. The van der Waals surface area contributed by atoms with E-state index in [1.165, 1.54) is 6.33 Å². The number of H-pyrrole nitrogens is 1. The number of aryl methyl sites for hydroxylation is 2. The number of carbonyl (C=O) groups is 4. The monoisotopic (exact) mass is 870 g/mol. The van der Waals surface area contributed by atoms with Gasteiger partial charge in [-0.15, -0.1) is 0 Å². The third-order valence-electron chi connectivity index (χ3n) is 13.8. The van der Waals surface area contributed by atoms with E-state index in [0.29, 0.717) is 80.9 Å². The van der Waals surface area contributed by atoms with E-state index in [1.807, 2.05) is 17.0 Å². The van der Waals surface area contributed by atoms with E-state index in [1.54, 1.807) is 33.0 Å². The lowest BCUT2D eigenvalue weighted by Crippen LogP contribution is -2.52. The highest BCUT2D eigenvalue weighted by Crippen LogP contribution is 2.53. The molecule has 3 fully saturated rings. The third-order valence-corrected chi connectivity index (χ3v) is 13.8. The van der Waals surface area contributed by atoms with Crippen LogP contribution in [0.1, 0.15) is 124 Å². The number of fused-ring (bicyclic) bond motifs is 4. The van der Waals surface area contributed by atoms with Crippen LogP contribution in [-0.2, 0) is 32.6 Å². The number of nitrogens with two attached hydrogens (primary N) is 1. The van der Waals surface area contributed by atoms with Crippen molar-refractivity contribution in [2.24, 2.45) is 5.41 Å². The van der Waals surface area contributed by atoms with Crippen molar-refractivity contribution in [3.8, 4) is 6.07 Å². The molecule has 1 spiro atoms. The number of nitriles is 1. The number of carbonyl (C=O) groups excluding carboxylic acids is 4. The topological polar surface area (TPSA) is 203 Å². The van der Waals surface area contributed by atoms with Crippen LogP contribution in [0.2, 0.25) is 0 Å². The van der Waals surface area contributed by atoms with Crippen LogP contribution in [0.5, 0.6) is 0 Å². The first-order valence-electron chi connectivity index (χ1n) is 22.9. The van der Waals surface area contributed by atoms with Crippen molar-refractivity contribution in [2.75, 3.05) is 56.4 Å². The Morgan fingerprint density at radius 3 is 2.55 bits per heavy atom. The summed E-state index contributed by atoms with van der Waals surface area (Å²) in [6.45, 7) is 16.8. The van der Waals surface area contributed by atoms with Gasteiger partial charge in [0.1, 0.15) is 18.0 Å². The first-order valence-corrected chi connectivity index (χ1v) is 22.9. The van der Waals surface area contributed by atoms with E-state index >= 15 is 0 Å². The molecule has 2 aromatic carbocycles. The molecule has 4 aromatic rings. The molecule has 5 N–H and O–H groups in total. The van der Waals surface area contributed by atoms with Gasteiger partial charge in [-0.25, -0.2) is 14.8 Å². The van der Waals surface area contributed by atoms with Crippen molar-refractivity contribution in [3.63, 3.8) is 0 Å². The Hall–Kier alpha value is -6.01. The van der Waals surface area contributed by atoms with Gasteiger partial charge in [0.15, 0.2) is 5.78 Å². The predicted molar refractivity (Wildman–Crippen MR) is 245 cm³/mol. The predicted octanol–water partition coefficient (Wildman–Crippen LogP) is 5.77. The molecule has 0 unspecified atom stereocenters. The molecule has 64 heavy (non-hydrogen) atoms. The number of hydrogen-bond donors (Lipinski definition) is 4. The summed E-state index contributed by atoms with van der Waals surface area (Å²) in [6.07, 6.45) is 7.90. The van der Waals surface area contributed by atoms with Gasteiger partial charge in [-0.2, -0.15) is 5.26 Å². The summed E-state index contributed by atoms with van der Waals surface area (Å²) in [6, 6.07) is 11.1. The highest BCUT2D eigenvalue weighted by molar-refractivity contribution is 6.20. The number of rotatable bonds is 13. The molecule has 15 heteroatoms. The Balaban J connectivity index is 0.844. The Kier molecular flexibility index (Phi) is 12.2. The molecular weight excluding hydrogens is 809 g/mol. The summed E-state index contributed by atoms with van der Waals surface area (Å²) in [4.78, 5) is 72.8. The molecule has 2 aliphatic heterocycles. The molecule has 2 saturated heterocycles. The summed E-state index contributed by atoms with van der Waals surface area (Å²) in [5.41, 5.74) is 12.9. The molecular formula is C49H62N10O5. The summed E-state index contributed by atoms with van der Waals surface area (Å²) < 4.78 is 5.51. The minimum Gasteiger partial charge on any atom is -0.444 e. The lowest BCUT2D eigenvalue weighted by atomic mass is 9.70. The van der Waals surface area contributed by atoms with Crippen LogP contribution in [0, 0.1) is 16.7 Å². The van der Waals surface area contributed by atoms with Gasteiger partial charge in [-0.3, -0.25) is 14.4 Å². The van der Waals surface area contributed by atoms with Crippen LogP contribution < -0.4 is 21.3 Å². The van der Waals surface area contributed by atoms with Gasteiger partial charge >= 0.3 is 6.09 Å². The van der Waals surface area contributed by atoms with Crippen LogP contribution in [0.15, 0.2) is 42.9 Å². The van der Waals surface area contributed by atoms with Crippen molar-refractivity contribution < 1.29 is 23.9 Å². The molecule has 2 aliphatic carbocycles. The van der Waals surface area contributed by atoms with E-state index in [9.17, 15) is 24.4 Å². The number of hydrogen-bond acceptors (Lipinski definition) is 11. The van der Waals surface area contributed by atoms with E-state index < -0.39 is 23.2 Å². The number of amides is 3. The molecule has 0 radical (unpaired) electrons. The largest absolute Gasteiger partial charge is 0.444 e. The zero-order valence-corrected chi connectivity index (χ0v) is 38.1. The number of likely N-dealkylation sites (tertiary alicyclic amines) is 1. The van der Waals surface area contributed by atoms with Gasteiger partial charge in [0.2, 0.25) is 11.8 Å². The Morgan fingerprint density at radius 2 is 1.86 bits per heavy atom. The second-order valence-electron chi connectivity index (χ2n) is 19.7. The maximum absolute atomic E-state index is 14.1. The number of benzene rings is 2. The number of nitrogens with zero attached hydrogens (tertiary/aromatic N) is 6. The number of piperazine rings is 1. The SMILES string of the molecule is CCc1cc2c(cc1N1CCN(C(=O)CCCN3C[C@H](NC(=O)[C@H](CCCc4ncncc4N)NC(=O)OC(C)(C)C)C4(CC4)C3)CC1)C(C)(C)c1[nH]c3cc(C#N)ccc3c1C2=O. The number of ether oxygens (including phenoxy) is 1. The van der Waals surface area contributed by atoms with Crippen molar-refractivity contribution in [1.82, 2.24) is 35.4 Å². The lowest BCUT2D eigenvalue weighted by molar-refractivity contribution is -0.131. The molecule has 0 bridgehead atoms. The van der Waals surface area contributed by atoms with Gasteiger partial charge < -0.3 is 40.8 Å². The molecule has 8 rings (SSSR count). The van der Waals surface area contributed by atoms with Crippen LogP contribution in [0.3, 0.4) is 0 Å². The van der Waals surface area contributed by atoms with Crippen LogP contribution in [-0.4, -0.2) is 112 Å². The van der Waals surface area contributed by atoms with Crippen molar-refractivity contribution >= 4 is 46.0 Å². The average molecular weight is 871 g/mol. The standard InChI is InChI=1S/C49H62N10O5/c1-7-31-23-33-34(48(5,6)44-42(43(33)61)32-14-13-30(25-50)22-38(32)54-44)24-39(31)58-18-20-59(21-19-58)41(60)12-9-17-57-27-40(49(28-57)15-16-49)56-45(62)37(55-46(63)64-47(2,3)4)11-8-10-36-35(51)26-52-29-53-36/h13-14,22-24,26,29,37,40,54H,7-12,15-21,27-28,51H2,1-6H3,(H,55,63)(H,56,62)/t37-,40-/m0/s1. The zero-order chi connectivity index (χ0) is 45.6. The summed E-state index contributed by atoms with van der Waals surface area (Å²) in [5, 5.41) is 16.4. The van der Waals surface area contributed by atoms with Gasteiger partial charge in [-0.05, 0) is 108 Å². The molecule has 2 aromatic heterocycles. The van der Waals surface area contributed by atoms with E-state index in [4.69, 9.17) is 10.5 Å². The highest BCUT2D eigenvalue weighted by Gasteiger charge is 2.55. The number of anilines is 2. The minimum atomic E-state index is -0.785. The van der Waals surface area contributed by atoms with Crippen molar-refractivity contribution in [3.05, 3.63) is 82.1 Å². The number of ketones is 1. The Bertz CT molecular complexity index is 2500. The van der Waals surface area contributed by atoms with E-state index in [2.05, 4.69) is 74.4 Å². The second kappa shape index (κ2) is 17.5. The Labute approximate surface area is 375 Å². The van der Waals surface area contributed by atoms with Crippen LogP contribution >= 0.6 is 0 Å². The minimum absolute atomic E-state index is 0.00737. The molecule has 1 saturated carbocycles. The first kappa shape index (κ1) is 44.6. The fourth-order valence-corrected chi connectivity index (χ4v) is 10.1. The van der Waals surface area contributed by atoms with Crippen LogP contribution in [0.4, 0.5) is 16.2 Å². The maximum atomic E-state index is 14.1. The number of nitrogen functional groups attached to an aromatic ring is 1. The van der Waals surface area contributed by atoms with Crippen molar-refractivity contribution in [1.29, 1.82) is 5.26 Å². The molecule has 4 heterocycles. The summed E-state index contributed by atoms with van der Waals surface area (Å²) in [7, 11) is 0. The van der Waals surface area contributed by atoms with Crippen molar-refractivity contribution in [2.45, 2.75) is 116 Å².